The van der Waals surface area contributed by atoms with Crippen molar-refractivity contribution in [3.8, 4) is 0 Å². The van der Waals surface area contributed by atoms with Gasteiger partial charge in [-0.1, -0.05) is 19.1 Å². The van der Waals surface area contributed by atoms with Gasteiger partial charge in [0.05, 0.1) is 23.0 Å². The Bertz CT molecular complexity index is 1230. The lowest BCUT2D eigenvalue weighted by Gasteiger charge is -2.34. The van der Waals surface area contributed by atoms with Crippen LogP contribution < -0.4 is 11.1 Å². The zero-order chi connectivity index (χ0) is 21.6. The summed E-state index contributed by atoms with van der Waals surface area (Å²) >= 11 is 0. The van der Waals surface area contributed by atoms with Crippen molar-refractivity contribution in [1.82, 2.24) is 20.1 Å². The average molecular weight is 405 g/mol. The van der Waals surface area contributed by atoms with Crippen LogP contribution in [0.3, 0.4) is 0 Å². The number of allylic oxidation sites excluding steroid dienone is 3. The number of aromatic amines is 1. The molecule has 8 heteroatoms. The predicted molar refractivity (Wildman–Crippen MR) is 114 cm³/mol. The Labute approximate surface area is 173 Å². The van der Waals surface area contributed by atoms with Gasteiger partial charge in [0.1, 0.15) is 11.6 Å². The zero-order valence-electron chi connectivity index (χ0n) is 16.9. The monoisotopic (exact) mass is 405 g/mol. The minimum Gasteiger partial charge on any atom is -0.508 e. The summed E-state index contributed by atoms with van der Waals surface area (Å²) < 4.78 is 1.60. The predicted octanol–water partition coefficient (Wildman–Crippen LogP) is 2.90. The molecule has 0 bridgehead atoms. The third-order valence-electron chi connectivity index (χ3n) is 5.82. The quantitative estimate of drug-likeness (QED) is 0.497. The van der Waals surface area contributed by atoms with E-state index < -0.39 is 5.54 Å². The Kier molecular flexibility index (Phi) is 4.49. The highest BCUT2D eigenvalue weighted by Gasteiger charge is 2.35. The van der Waals surface area contributed by atoms with Crippen LogP contribution in [0.25, 0.3) is 10.9 Å². The third-order valence-corrected chi connectivity index (χ3v) is 5.82. The van der Waals surface area contributed by atoms with E-state index in [-0.39, 0.29) is 34.7 Å². The van der Waals surface area contributed by atoms with Gasteiger partial charge in [-0.25, -0.2) is 4.68 Å². The van der Waals surface area contributed by atoms with Crippen molar-refractivity contribution in [2.24, 2.45) is 5.92 Å². The fraction of sp³-hybridized carbons (Fsp3) is 0.227. The van der Waals surface area contributed by atoms with Crippen LogP contribution in [0.5, 0.6) is 0 Å². The van der Waals surface area contributed by atoms with E-state index in [9.17, 15) is 14.7 Å². The first-order valence-electron chi connectivity index (χ1n) is 9.58. The number of aliphatic hydroxyl groups is 1. The van der Waals surface area contributed by atoms with Crippen LogP contribution in [0, 0.1) is 5.92 Å². The molecule has 0 spiro atoms. The van der Waals surface area contributed by atoms with Crippen molar-refractivity contribution < 1.29 is 14.7 Å². The zero-order valence-corrected chi connectivity index (χ0v) is 16.9. The number of hydrogen-bond acceptors (Lipinski definition) is 5. The molecule has 154 valence electrons. The van der Waals surface area contributed by atoms with Crippen LogP contribution in [0.15, 0.2) is 54.4 Å². The van der Waals surface area contributed by atoms with Crippen LogP contribution in [0.2, 0.25) is 0 Å². The van der Waals surface area contributed by atoms with Gasteiger partial charge in [0.2, 0.25) is 5.78 Å². The normalized spacial score (nSPS) is 20.9. The maximum atomic E-state index is 13.2. The van der Waals surface area contributed by atoms with E-state index in [1.807, 2.05) is 19.9 Å². The van der Waals surface area contributed by atoms with Crippen LogP contribution >= 0.6 is 0 Å². The summed E-state index contributed by atoms with van der Waals surface area (Å²) in [5.74, 6) is -0.206. The molecule has 1 amide bonds. The molecule has 0 saturated carbocycles. The number of nitrogens with two attached hydrogens (primary N) is 1. The molecule has 0 radical (unpaired) electrons. The number of H-pyrrole nitrogens is 1. The molecule has 30 heavy (non-hydrogen) atoms. The van der Waals surface area contributed by atoms with Gasteiger partial charge in [0.25, 0.3) is 5.91 Å². The van der Waals surface area contributed by atoms with Gasteiger partial charge in [-0.15, -0.1) is 0 Å². The van der Waals surface area contributed by atoms with Crippen LogP contribution in [0.1, 0.15) is 40.3 Å². The van der Waals surface area contributed by atoms with Gasteiger partial charge in [0, 0.05) is 29.4 Å². The smallest absolute Gasteiger partial charge is 0.251 e. The molecular weight excluding hydrogens is 382 g/mol. The molecule has 1 aliphatic carbocycles. The van der Waals surface area contributed by atoms with E-state index >= 15 is 0 Å². The number of nitrogen functional groups attached to an aromatic ring is 1. The molecule has 2 atom stereocenters. The summed E-state index contributed by atoms with van der Waals surface area (Å²) in [6.07, 6.45) is 6.59. The Balaban J connectivity index is 1.74. The number of aromatic nitrogens is 3. The summed E-state index contributed by atoms with van der Waals surface area (Å²) in [5.41, 5.74) is 7.46. The van der Waals surface area contributed by atoms with E-state index in [4.69, 9.17) is 5.73 Å². The number of hydrogen-bond donors (Lipinski definition) is 4. The number of carbonyl (C=O) groups excluding carboxylic acids is 2. The van der Waals surface area contributed by atoms with Crippen molar-refractivity contribution in [2.75, 3.05) is 12.8 Å². The standard InChI is InChI=1S/C22H23N5O3/c1-12-9-13(28)7-8-22(12,2)27-20(23)16(11-25-27)19(29)18-10-15-14(21(30)24-3)5-4-6-17(15)26-18/h4-12,26,28H,23H2,1-3H3,(H,24,30). The molecule has 8 nitrogen and oxygen atoms in total. The number of nitrogens with zero attached hydrogens (tertiary/aromatic N) is 2. The van der Waals surface area contributed by atoms with Gasteiger partial charge in [-0.2, -0.15) is 5.10 Å². The fourth-order valence-corrected chi connectivity index (χ4v) is 3.82. The van der Waals surface area contributed by atoms with Crippen molar-refractivity contribution in [2.45, 2.75) is 19.4 Å². The van der Waals surface area contributed by atoms with Gasteiger partial charge in [-0.3, -0.25) is 9.59 Å². The number of carbonyl (C=O) groups is 2. The van der Waals surface area contributed by atoms with E-state index in [2.05, 4.69) is 15.4 Å². The van der Waals surface area contributed by atoms with Crippen molar-refractivity contribution in [3.63, 3.8) is 0 Å². The van der Waals surface area contributed by atoms with E-state index in [0.29, 0.717) is 22.2 Å². The lowest BCUT2D eigenvalue weighted by atomic mass is 9.83. The average Bonchev–Trinajstić information content (AvgIpc) is 3.33. The number of anilines is 1. The Hall–Kier alpha value is -3.81. The molecule has 0 saturated heterocycles. The lowest BCUT2D eigenvalue weighted by molar-refractivity contribution is 0.0963. The molecule has 5 N–H and O–H groups in total. The second kappa shape index (κ2) is 6.91. The molecule has 0 aliphatic heterocycles. The molecule has 4 rings (SSSR count). The van der Waals surface area contributed by atoms with Gasteiger partial charge in [0.15, 0.2) is 0 Å². The molecule has 2 unspecified atom stereocenters. The Morgan fingerprint density at radius 2 is 2.10 bits per heavy atom. The number of aliphatic hydroxyl groups excluding tert-OH is 1. The van der Waals surface area contributed by atoms with Crippen molar-refractivity contribution >= 4 is 28.4 Å². The lowest BCUT2D eigenvalue weighted by Crippen LogP contribution is -2.37. The Morgan fingerprint density at radius 1 is 1.33 bits per heavy atom. The number of nitrogens with one attached hydrogen (secondary N) is 2. The molecule has 0 fully saturated rings. The summed E-state index contributed by atoms with van der Waals surface area (Å²) in [7, 11) is 1.56. The fourth-order valence-electron chi connectivity index (χ4n) is 3.82. The van der Waals surface area contributed by atoms with Gasteiger partial charge in [-0.05, 0) is 37.3 Å². The number of rotatable bonds is 4. The molecule has 1 aromatic carbocycles. The molecule has 1 aliphatic rings. The van der Waals surface area contributed by atoms with E-state index in [1.54, 1.807) is 48.1 Å². The number of ketones is 1. The number of benzene rings is 1. The van der Waals surface area contributed by atoms with Gasteiger partial charge >= 0.3 is 0 Å². The first-order valence-corrected chi connectivity index (χ1v) is 9.58. The summed E-state index contributed by atoms with van der Waals surface area (Å²) in [4.78, 5) is 28.4. The summed E-state index contributed by atoms with van der Waals surface area (Å²) in [5, 5.41) is 17.4. The highest BCUT2D eigenvalue weighted by atomic mass is 16.3. The first-order chi connectivity index (χ1) is 14.3. The highest BCUT2D eigenvalue weighted by Crippen LogP contribution is 2.35. The van der Waals surface area contributed by atoms with Gasteiger partial charge < -0.3 is 21.1 Å². The maximum Gasteiger partial charge on any atom is 0.251 e. The molecule has 2 heterocycles. The van der Waals surface area contributed by atoms with Crippen LogP contribution in [0.4, 0.5) is 5.82 Å². The SMILES string of the molecule is CNC(=O)c1cccc2[nH]c(C(=O)c3cnn(C4(C)C=CC(O)=CC4C)c3N)cc12. The number of amides is 1. The van der Waals surface area contributed by atoms with E-state index in [1.165, 1.54) is 6.20 Å². The number of fused-ring (bicyclic) bond motifs is 1. The van der Waals surface area contributed by atoms with E-state index in [0.717, 1.165) is 0 Å². The minimum absolute atomic E-state index is 0.0872. The van der Waals surface area contributed by atoms with Crippen LogP contribution in [-0.2, 0) is 5.54 Å². The van der Waals surface area contributed by atoms with Crippen LogP contribution in [-0.4, -0.2) is 38.6 Å². The second-order valence-electron chi connectivity index (χ2n) is 7.65. The first kappa shape index (κ1) is 19.5. The maximum absolute atomic E-state index is 13.2. The molecule has 3 aromatic rings. The topological polar surface area (TPSA) is 126 Å². The van der Waals surface area contributed by atoms with Crippen molar-refractivity contribution in [3.05, 3.63) is 71.3 Å². The third kappa shape index (κ3) is 2.88. The highest BCUT2D eigenvalue weighted by molar-refractivity contribution is 6.14. The Morgan fingerprint density at radius 3 is 2.80 bits per heavy atom. The summed E-state index contributed by atoms with van der Waals surface area (Å²) in [6.45, 7) is 3.88. The molecule has 2 aromatic heterocycles. The second-order valence-corrected chi connectivity index (χ2v) is 7.65. The minimum atomic E-state index is -0.623. The summed E-state index contributed by atoms with van der Waals surface area (Å²) in [6, 6.07) is 6.92. The van der Waals surface area contributed by atoms with Crippen molar-refractivity contribution in [1.29, 1.82) is 0 Å². The largest absolute Gasteiger partial charge is 0.508 e. The molecular formula is C22H23N5O3.